The summed E-state index contributed by atoms with van der Waals surface area (Å²) < 4.78 is 0. The molecule has 5 heteroatoms. The van der Waals surface area contributed by atoms with Crippen molar-refractivity contribution in [1.82, 2.24) is 0 Å². The van der Waals surface area contributed by atoms with Gasteiger partial charge in [-0.2, -0.15) is 0 Å². The number of carbonyl (C=O) groups excluding carboxylic acids is 2. The number of carbonyl (C=O) groups is 2. The van der Waals surface area contributed by atoms with Crippen molar-refractivity contribution in [3.05, 3.63) is 52.0 Å². The van der Waals surface area contributed by atoms with Crippen molar-refractivity contribution in [2.75, 3.05) is 5.32 Å². The molecule has 0 aromatic heterocycles. The van der Waals surface area contributed by atoms with Gasteiger partial charge in [0.05, 0.1) is 5.41 Å². The van der Waals surface area contributed by atoms with E-state index in [9.17, 15) is 9.59 Å². The fraction of sp³-hybridized carbons (Fsp3) is 0.391. The number of ketones is 1. The molecule has 4 rings (SSSR count). The number of benzene rings is 2. The van der Waals surface area contributed by atoms with E-state index in [1.165, 1.54) is 0 Å². The molecule has 28 heavy (non-hydrogen) atoms. The Morgan fingerprint density at radius 1 is 1.14 bits per heavy atom. The number of hydrogen-bond acceptors (Lipinski definition) is 2. The number of halogens is 2. The van der Waals surface area contributed by atoms with E-state index in [2.05, 4.69) is 19.2 Å². The second-order valence-corrected chi connectivity index (χ2v) is 9.25. The van der Waals surface area contributed by atoms with Crippen LogP contribution >= 0.6 is 23.2 Å². The fourth-order valence-electron chi connectivity index (χ4n) is 4.99. The molecule has 2 aromatic rings. The Kier molecular flexibility index (Phi) is 5.01. The molecule has 0 saturated heterocycles. The van der Waals surface area contributed by atoms with Gasteiger partial charge in [-0.15, -0.1) is 0 Å². The quantitative estimate of drug-likeness (QED) is 0.642. The molecule has 0 radical (unpaired) electrons. The summed E-state index contributed by atoms with van der Waals surface area (Å²) in [7, 11) is 0. The monoisotopic (exact) mass is 415 g/mol. The van der Waals surface area contributed by atoms with E-state index in [0.29, 0.717) is 35.2 Å². The number of nitrogens with one attached hydrogen (secondary N) is 1. The van der Waals surface area contributed by atoms with Gasteiger partial charge in [-0.05, 0) is 65.6 Å². The molecule has 1 N–H and O–H groups in total. The smallest absolute Gasteiger partial charge is 0.235 e. The van der Waals surface area contributed by atoms with E-state index in [1.807, 2.05) is 36.4 Å². The van der Waals surface area contributed by atoms with Crippen molar-refractivity contribution in [3.8, 4) is 11.1 Å². The van der Waals surface area contributed by atoms with Gasteiger partial charge in [-0.25, -0.2) is 0 Å². The Bertz CT molecular complexity index is 969. The average molecular weight is 416 g/mol. The summed E-state index contributed by atoms with van der Waals surface area (Å²) in [5.74, 6) is 0.614. The molecule has 0 unspecified atom stereocenters. The van der Waals surface area contributed by atoms with Gasteiger partial charge < -0.3 is 5.32 Å². The molecule has 1 aliphatic carbocycles. The van der Waals surface area contributed by atoms with Gasteiger partial charge in [-0.3, -0.25) is 9.59 Å². The van der Waals surface area contributed by atoms with E-state index in [-0.39, 0.29) is 17.6 Å². The first-order valence-corrected chi connectivity index (χ1v) is 10.5. The first kappa shape index (κ1) is 19.5. The van der Waals surface area contributed by atoms with Crippen LogP contribution in [0.1, 0.15) is 45.1 Å². The van der Waals surface area contributed by atoms with Crippen LogP contribution in [-0.4, -0.2) is 11.7 Å². The molecule has 3 nitrogen and oxygen atoms in total. The predicted octanol–water partition coefficient (Wildman–Crippen LogP) is 6.27. The van der Waals surface area contributed by atoms with Crippen LogP contribution in [0.3, 0.4) is 0 Å². The molecule has 1 aliphatic heterocycles. The van der Waals surface area contributed by atoms with Crippen molar-refractivity contribution in [1.29, 1.82) is 0 Å². The predicted molar refractivity (Wildman–Crippen MR) is 114 cm³/mol. The van der Waals surface area contributed by atoms with Crippen molar-refractivity contribution in [3.63, 3.8) is 0 Å². The molecule has 1 heterocycles. The van der Waals surface area contributed by atoms with Crippen molar-refractivity contribution < 1.29 is 9.59 Å². The molecular weight excluding hydrogens is 393 g/mol. The van der Waals surface area contributed by atoms with Crippen LogP contribution in [0.25, 0.3) is 11.1 Å². The van der Waals surface area contributed by atoms with Crippen molar-refractivity contribution in [2.45, 2.75) is 44.9 Å². The molecule has 1 spiro atoms. The van der Waals surface area contributed by atoms with Crippen molar-refractivity contribution >= 4 is 40.6 Å². The van der Waals surface area contributed by atoms with Gasteiger partial charge in [0.15, 0.2) is 0 Å². The van der Waals surface area contributed by atoms with Crippen molar-refractivity contribution in [2.24, 2.45) is 11.8 Å². The molecule has 1 saturated carbocycles. The number of anilines is 1. The van der Waals surface area contributed by atoms with Gasteiger partial charge in [0.25, 0.3) is 0 Å². The number of fused-ring (bicyclic) bond motifs is 2. The Labute approximate surface area is 175 Å². The van der Waals surface area contributed by atoms with E-state index in [0.717, 1.165) is 28.8 Å². The topological polar surface area (TPSA) is 46.2 Å². The highest BCUT2D eigenvalue weighted by molar-refractivity contribution is 6.32. The zero-order valence-electron chi connectivity index (χ0n) is 16.0. The van der Waals surface area contributed by atoms with E-state index in [4.69, 9.17) is 23.2 Å². The molecule has 2 atom stereocenters. The Morgan fingerprint density at radius 2 is 1.93 bits per heavy atom. The largest absolute Gasteiger partial charge is 0.325 e. The second kappa shape index (κ2) is 7.20. The molecular formula is C23H23Cl2NO2. The highest BCUT2D eigenvalue weighted by Crippen LogP contribution is 2.55. The number of amides is 1. The highest BCUT2D eigenvalue weighted by Gasteiger charge is 2.55. The standard InChI is InChI=1S/C23H23Cl2NO2/c1-13(2)8-15-10-18(27)6-7-23(15)21-19(14-4-3-5-16(24)9-14)11-17(25)12-20(21)26-22(23)28/h3-5,9,11-13,15H,6-8,10H2,1-2H3,(H,26,28)/t15-,23-/m0/s1. The molecule has 1 fully saturated rings. The van der Waals surface area contributed by atoms with E-state index in [1.54, 1.807) is 0 Å². The third kappa shape index (κ3) is 3.15. The number of hydrogen-bond donors (Lipinski definition) is 1. The maximum absolute atomic E-state index is 13.4. The molecule has 2 aliphatic rings. The maximum Gasteiger partial charge on any atom is 0.235 e. The lowest BCUT2D eigenvalue weighted by Gasteiger charge is -2.41. The molecule has 1 amide bonds. The average Bonchev–Trinajstić information content (AvgIpc) is 2.89. The van der Waals surface area contributed by atoms with Crippen LogP contribution in [0, 0.1) is 11.8 Å². The fourth-order valence-corrected chi connectivity index (χ4v) is 5.40. The summed E-state index contributed by atoms with van der Waals surface area (Å²) in [5.41, 5.74) is 2.89. The SMILES string of the molecule is CC(C)C[C@H]1CC(=O)CC[C@]12C(=O)Nc1cc(Cl)cc(-c3cccc(Cl)c3)c12. The lowest BCUT2D eigenvalue weighted by atomic mass is 9.59. The summed E-state index contributed by atoms with van der Waals surface area (Å²) in [5, 5.41) is 4.28. The summed E-state index contributed by atoms with van der Waals surface area (Å²) in [6.07, 6.45) is 2.25. The lowest BCUT2D eigenvalue weighted by molar-refractivity contribution is -0.130. The molecule has 146 valence electrons. The van der Waals surface area contributed by atoms with E-state index >= 15 is 0 Å². The van der Waals surface area contributed by atoms with Gasteiger partial charge >= 0.3 is 0 Å². The van der Waals surface area contributed by atoms with Crippen LogP contribution in [0.2, 0.25) is 10.0 Å². The minimum Gasteiger partial charge on any atom is -0.325 e. The van der Waals surface area contributed by atoms with Crippen LogP contribution < -0.4 is 5.32 Å². The summed E-state index contributed by atoms with van der Waals surface area (Å²) >= 11 is 12.6. The molecule has 2 aromatic carbocycles. The summed E-state index contributed by atoms with van der Waals surface area (Å²) in [6, 6.07) is 11.3. The van der Waals surface area contributed by atoms with Gasteiger partial charge in [0, 0.05) is 28.6 Å². The summed E-state index contributed by atoms with van der Waals surface area (Å²) in [6.45, 7) is 4.28. The first-order valence-electron chi connectivity index (χ1n) is 9.74. The zero-order valence-corrected chi connectivity index (χ0v) is 17.5. The maximum atomic E-state index is 13.4. The van der Waals surface area contributed by atoms with Crippen LogP contribution in [-0.2, 0) is 15.0 Å². The highest BCUT2D eigenvalue weighted by atomic mass is 35.5. The Morgan fingerprint density at radius 3 is 2.64 bits per heavy atom. The second-order valence-electron chi connectivity index (χ2n) is 8.38. The lowest BCUT2D eigenvalue weighted by Crippen LogP contribution is -2.46. The first-order chi connectivity index (χ1) is 13.3. The normalized spacial score (nSPS) is 24.0. The van der Waals surface area contributed by atoms with Crippen LogP contribution in [0.15, 0.2) is 36.4 Å². The van der Waals surface area contributed by atoms with Gasteiger partial charge in [0.1, 0.15) is 5.78 Å². The third-order valence-corrected chi connectivity index (χ3v) is 6.52. The Hall–Kier alpha value is -1.84. The molecule has 0 bridgehead atoms. The zero-order chi connectivity index (χ0) is 20.1. The van der Waals surface area contributed by atoms with Crippen LogP contribution in [0.5, 0.6) is 0 Å². The number of rotatable bonds is 3. The van der Waals surface area contributed by atoms with Gasteiger partial charge in [-0.1, -0.05) is 49.2 Å². The number of Topliss-reactive ketones (excluding diaryl/α,β-unsaturated/α-hetero) is 1. The minimum atomic E-state index is -0.699. The minimum absolute atomic E-state index is 0.00815. The van der Waals surface area contributed by atoms with E-state index < -0.39 is 5.41 Å². The third-order valence-electron chi connectivity index (χ3n) is 6.06. The van der Waals surface area contributed by atoms with Crippen LogP contribution in [0.4, 0.5) is 5.69 Å². The van der Waals surface area contributed by atoms with Gasteiger partial charge in [0.2, 0.25) is 5.91 Å². The summed E-state index contributed by atoms with van der Waals surface area (Å²) in [4.78, 5) is 25.7. The Balaban J connectivity index is 1.96.